The Morgan fingerprint density at radius 2 is 1.88 bits per heavy atom. The van der Waals surface area contributed by atoms with Gasteiger partial charge in [-0.05, 0) is 86.0 Å². The van der Waals surface area contributed by atoms with Crippen LogP contribution in [0.5, 0.6) is 0 Å². The molecule has 4 rings (SSSR count). The summed E-state index contributed by atoms with van der Waals surface area (Å²) in [7, 11) is 0. The summed E-state index contributed by atoms with van der Waals surface area (Å²) in [6.07, 6.45) is 9.80. The predicted octanol–water partition coefficient (Wildman–Crippen LogP) is 4.97. The van der Waals surface area contributed by atoms with Crippen LogP contribution in [0, 0.1) is 40.4 Å². The van der Waals surface area contributed by atoms with Crippen LogP contribution in [0.4, 0.5) is 0 Å². The van der Waals surface area contributed by atoms with Gasteiger partial charge in [0.05, 0.1) is 0 Å². The minimum atomic E-state index is 0.228. The van der Waals surface area contributed by atoms with Gasteiger partial charge in [0.15, 0.2) is 5.78 Å². The highest BCUT2D eigenvalue weighted by atomic mass is 16.1. The lowest BCUT2D eigenvalue weighted by Crippen LogP contribution is -2.52. The Morgan fingerprint density at radius 1 is 1.12 bits per heavy atom. The molecule has 0 heterocycles. The third kappa shape index (κ3) is 2.07. The second-order valence-corrected chi connectivity index (χ2v) is 9.78. The topological polar surface area (TPSA) is 34.1 Å². The van der Waals surface area contributed by atoms with Crippen LogP contribution in [0.2, 0.25) is 0 Å². The molecule has 7 atom stereocenters. The standard InChI is InChI=1S/C22H32O2/c1-13-11-16-18-6-5-17(14(2)23)21(18,3)10-8-19(16)22(4)9-7-15(24)12-20(13)22/h12-13,16-19H,5-11H2,1-4H3/t13-,16-,17+,18-,19-,21+,22-/m0/s1. The van der Waals surface area contributed by atoms with Crippen molar-refractivity contribution < 1.29 is 9.59 Å². The largest absolute Gasteiger partial charge is 0.300 e. The number of hydrogen-bond acceptors (Lipinski definition) is 2. The number of carbonyl (C=O) groups excluding carboxylic acids is 2. The zero-order chi connectivity index (χ0) is 17.3. The Morgan fingerprint density at radius 3 is 2.58 bits per heavy atom. The Hall–Kier alpha value is -0.920. The summed E-state index contributed by atoms with van der Waals surface area (Å²) in [4.78, 5) is 24.2. The molecule has 0 spiro atoms. The van der Waals surface area contributed by atoms with Crippen molar-refractivity contribution in [2.24, 2.45) is 40.4 Å². The molecule has 4 aliphatic carbocycles. The van der Waals surface area contributed by atoms with E-state index < -0.39 is 0 Å². The van der Waals surface area contributed by atoms with E-state index in [0.29, 0.717) is 23.4 Å². The molecule has 24 heavy (non-hydrogen) atoms. The van der Waals surface area contributed by atoms with Gasteiger partial charge in [0.25, 0.3) is 0 Å². The van der Waals surface area contributed by atoms with Crippen molar-refractivity contribution in [3.8, 4) is 0 Å². The van der Waals surface area contributed by atoms with Crippen LogP contribution < -0.4 is 0 Å². The summed E-state index contributed by atoms with van der Waals surface area (Å²) in [6.45, 7) is 9.00. The summed E-state index contributed by atoms with van der Waals surface area (Å²) < 4.78 is 0. The molecule has 0 aromatic carbocycles. The molecule has 3 saturated carbocycles. The first-order valence-corrected chi connectivity index (χ1v) is 10.0. The van der Waals surface area contributed by atoms with E-state index in [2.05, 4.69) is 20.8 Å². The molecule has 0 amide bonds. The lowest BCUT2D eigenvalue weighted by atomic mass is 9.45. The predicted molar refractivity (Wildman–Crippen MR) is 95.4 cm³/mol. The van der Waals surface area contributed by atoms with Crippen LogP contribution in [0.15, 0.2) is 11.6 Å². The molecule has 0 aromatic heterocycles. The van der Waals surface area contributed by atoms with Gasteiger partial charge >= 0.3 is 0 Å². The number of Topliss-reactive ketones (excluding diaryl/α,β-unsaturated/α-hetero) is 1. The second kappa shape index (κ2) is 5.29. The molecule has 0 bridgehead atoms. The SMILES string of the molecule is CC(=O)[C@H]1CC[C@H]2[C@@H]3C[C@H](C)C4=CC(=O)CC[C@@]4(C)[C@H]3CC[C@]12C. The molecule has 4 aliphatic rings. The van der Waals surface area contributed by atoms with Crippen LogP contribution in [-0.4, -0.2) is 11.6 Å². The Balaban J connectivity index is 1.71. The van der Waals surface area contributed by atoms with Crippen LogP contribution in [0.1, 0.15) is 72.6 Å². The number of rotatable bonds is 1. The van der Waals surface area contributed by atoms with Crippen LogP contribution in [0.3, 0.4) is 0 Å². The fraction of sp³-hybridized carbons (Fsp3) is 0.818. The monoisotopic (exact) mass is 328 g/mol. The molecular formula is C22H32O2. The highest BCUT2D eigenvalue weighted by molar-refractivity contribution is 5.91. The van der Waals surface area contributed by atoms with E-state index in [1.807, 2.05) is 13.0 Å². The van der Waals surface area contributed by atoms with E-state index in [1.54, 1.807) is 0 Å². The molecule has 132 valence electrons. The smallest absolute Gasteiger partial charge is 0.155 e. The normalized spacial score (nSPS) is 50.6. The number of fused-ring (bicyclic) bond motifs is 5. The van der Waals surface area contributed by atoms with Gasteiger partial charge < -0.3 is 0 Å². The second-order valence-electron chi connectivity index (χ2n) is 9.78. The van der Waals surface area contributed by atoms with Crippen molar-refractivity contribution in [2.45, 2.75) is 72.6 Å². The molecular weight excluding hydrogens is 296 g/mol. The summed E-state index contributed by atoms with van der Waals surface area (Å²) in [5, 5.41) is 0. The van der Waals surface area contributed by atoms with Gasteiger partial charge in [-0.2, -0.15) is 0 Å². The maximum atomic E-state index is 12.2. The zero-order valence-electron chi connectivity index (χ0n) is 15.7. The minimum absolute atomic E-state index is 0.228. The molecule has 0 saturated heterocycles. The third-order valence-electron chi connectivity index (χ3n) is 8.77. The van der Waals surface area contributed by atoms with Crippen LogP contribution >= 0.6 is 0 Å². The van der Waals surface area contributed by atoms with Gasteiger partial charge in [-0.1, -0.05) is 26.3 Å². The van der Waals surface area contributed by atoms with E-state index in [0.717, 1.165) is 31.1 Å². The van der Waals surface area contributed by atoms with E-state index >= 15 is 0 Å². The minimum Gasteiger partial charge on any atom is -0.300 e. The van der Waals surface area contributed by atoms with Crippen molar-refractivity contribution >= 4 is 11.6 Å². The molecule has 0 radical (unpaired) electrons. The maximum Gasteiger partial charge on any atom is 0.155 e. The first kappa shape index (κ1) is 16.5. The highest BCUT2D eigenvalue weighted by Gasteiger charge is 2.60. The van der Waals surface area contributed by atoms with E-state index in [1.165, 1.54) is 31.3 Å². The van der Waals surface area contributed by atoms with E-state index in [4.69, 9.17) is 0 Å². The van der Waals surface area contributed by atoms with Crippen LogP contribution in [0.25, 0.3) is 0 Å². The zero-order valence-corrected chi connectivity index (χ0v) is 15.7. The van der Waals surface area contributed by atoms with E-state index in [-0.39, 0.29) is 16.7 Å². The highest BCUT2D eigenvalue weighted by Crippen LogP contribution is 2.67. The molecule has 0 aliphatic heterocycles. The average molecular weight is 328 g/mol. The average Bonchev–Trinajstić information content (AvgIpc) is 2.87. The maximum absolute atomic E-state index is 12.2. The number of ketones is 2. The molecule has 2 nitrogen and oxygen atoms in total. The Kier molecular flexibility index (Phi) is 3.64. The molecule has 0 aromatic rings. The third-order valence-corrected chi connectivity index (χ3v) is 8.77. The van der Waals surface area contributed by atoms with Gasteiger partial charge in [-0.3, -0.25) is 9.59 Å². The van der Waals surface area contributed by atoms with Gasteiger partial charge in [-0.15, -0.1) is 0 Å². The van der Waals surface area contributed by atoms with Gasteiger partial charge in [0, 0.05) is 12.3 Å². The first-order valence-electron chi connectivity index (χ1n) is 10.0. The molecule has 2 heteroatoms. The van der Waals surface area contributed by atoms with Crippen molar-refractivity contribution in [3.05, 3.63) is 11.6 Å². The fourth-order valence-electron chi connectivity index (χ4n) is 7.65. The quantitative estimate of drug-likeness (QED) is 0.681. The van der Waals surface area contributed by atoms with E-state index in [9.17, 15) is 9.59 Å². The van der Waals surface area contributed by atoms with Crippen molar-refractivity contribution in [2.75, 3.05) is 0 Å². The summed E-state index contributed by atoms with van der Waals surface area (Å²) in [5.41, 5.74) is 1.91. The Labute approximate surface area is 146 Å². The number of hydrogen-bond donors (Lipinski definition) is 0. The fourth-order valence-corrected chi connectivity index (χ4v) is 7.65. The summed E-state index contributed by atoms with van der Waals surface area (Å²) in [5.74, 6) is 3.75. The lowest BCUT2D eigenvalue weighted by Gasteiger charge is -2.59. The summed E-state index contributed by atoms with van der Waals surface area (Å²) in [6, 6.07) is 0. The van der Waals surface area contributed by atoms with Crippen LogP contribution in [-0.2, 0) is 9.59 Å². The van der Waals surface area contributed by atoms with Gasteiger partial charge in [0.2, 0.25) is 0 Å². The van der Waals surface area contributed by atoms with Gasteiger partial charge in [0.1, 0.15) is 5.78 Å². The van der Waals surface area contributed by atoms with Crippen molar-refractivity contribution in [1.82, 2.24) is 0 Å². The van der Waals surface area contributed by atoms with Crippen molar-refractivity contribution in [1.29, 1.82) is 0 Å². The Bertz CT molecular complexity index is 617. The molecule has 3 fully saturated rings. The molecule has 0 unspecified atom stereocenters. The van der Waals surface area contributed by atoms with Gasteiger partial charge in [-0.25, -0.2) is 0 Å². The first-order chi connectivity index (χ1) is 11.3. The van der Waals surface area contributed by atoms with Crippen molar-refractivity contribution in [3.63, 3.8) is 0 Å². The summed E-state index contributed by atoms with van der Waals surface area (Å²) >= 11 is 0. The molecule has 0 N–H and O–H groups in total. The number of allylic oxidation sites excluding steroid dienone is 1. The lowest BCUT2D eigenvalue weighted by molar-refractivity contribution is -0.129. The number of carbonyl (C=O) groups is 2.